The van der Waals surface area contributed by atoms with E-state index in [2.05, 4.69) is 0 Å². The first kappa shape index (κ1) is 17.4. The molecule has 0 radical (unpaired) electrons. The van der Waals surface area contributed by atoms with Gasteiger partial charge in [-0.3, -0.25) is 4.79 Å². The molecule has 4 atom stereocenters. The molecule has 1 heterocycles. The van der Waals surface area contributed by atoms with E-state index in [0.29, 0.717) is 12.0 Å². The summed E-state index contributed by atoms with van der Waals surface area (Å²) in [7, 11) is 3.80. The van der Waals surface area contributed by atoms with Crippen LogP contribution in [0, 0.1) is 0 Å². The zero-order valence-corrected chi connectivity index (χ0v) is 13.9. The SMILES string of the molecule is CC(=O)OC1C[C@@H](N(C)C)[C@H](OC(=O)c2ccccc2)[C@@H](C)O1. The van der Waals surface area contributed by atoms with Crippen LogP contribution in [-0.4, -0.2) is 55.5 Å². The van der Waals surface area contributed by atoms with Crippen LogP contribution in [-0.2, 0) is 19.0 Å². The fourth-order valence-corrected chi connectivity index (χ4v) is 2.72. The number of hydrogen-bond donors (Lipinski definition) is 0. The van der Waals surface area contributed by atoms with Crippen molar-refractivity contribution in [1.82, 2.24) is 4.90 Å². The van der Waals surface area contributed by atoms with Crippen LogP contribution >= 0.6 is 0 Å². The Morgan fingerprint density at radius 3 is 2.39 bits per heavy atom. The van der Waals surface area contributed by atoms with Gasteiger partial charge in [0, 0.05) is 13.3 Å². The second-order valence-electron chi connectivity index (χ2n) is 5.88. The minimum atomic E-state index is -0.624. The lowest BCUT2D eigenvalue weighted by atomic mass is 9.98. The van der Waals surface area contributed by atoms with Gasteiger partial charge in [-0.05, 0) is 33.2 Å². The average molecular weight is 321 g/mol. The van der Waals surface area contributed by atoms with E-state index < -0.39 is 12.4 Å². The largest absolute Gasteiger partial charge is 0.454 e. The molecule has 0 bridgehead atoms. The fraction of sp³-hybridized carbons (Fsp3) is 0.529. The van der Waals surface area contributed by atoms with Gasteiger partial charge in [0.2, 0.25) is 6.29 Å². The number of carbonyl (C=O) groups is 2. The van der Waals surface area contributed by atoms with Gasteiger partial charge in [-0.25, -0.2) is 4.79 Å². The van der Waals surface area contributed by atoms with Gasteiger partial charge in [-0.15, -0.1) is 0 Å². The molecule has 6 nitrogen and oxygen atoms in total. The minimum absolute atomic E-state index is 0.101. The van der Waals surface area contributed by atoms with Crippen LogP contribution in [0.3, 0.4) is 0 Å². The molecule has 6 heteroatoms. The van der Waals surface area contributed by atoms with Crippen LogP contribution in [0.2, 0.25) is 0 Å². The number of rotatable bonds is 4. The molecule has 0 amide bonds. The third-order valence-electron chi connectivity index (χ3n) is 3.86. The molecule has 0 aliphatic carbocycles. The van der Waals surface area contributed by atoms with E-state index in [1.807, 2.05) is 32.0 Å². The zero-order chi connectivity index (χ0) is 17.0. The summed E-state index contributed by atoms with van der Waals surface area (Å²) in [5.41, 5.74) is 0.499. The molecule has 2 rings (SSSR count). The van der Waals surface area contributed by atoms with Gasteiger partial charge in [-0.2, -0.15) is 0 Å². The molecular formula is C17H23NO5. The molecule has 126 valence electrons. The summed E-state index contributed by atoms with van der Waals surface area (Å²) in [4.78, 5) is 25.4. The Labute approximate surface area is 136 Å². The predicted molar refractivity (Wildman–Crippen MR) is 83.8 cm³/mol. The fourth-order valence-electron chi connectivity index (χ4n) is 2.72. The highest BCUT2D eigenvalue weighted by Crippen LogP contribution is 2.27. The third-order valence-corrected chi connectivity index (χ3v) is 3.86. The first-order valence-corrected chi connectivity index (χ1v) is 7.63. The highest BCUT2D eigenvalue weighted by atomic mass is 16.7. The number of esters is 2. The summed E-state index contributed by atoms with van der Waals surface area (Å²) < 4.78 is 16.5. The second kappa shape index (κ2) is 7.57. The summed E-state index contributed by atoms with van der Waals surface area (Å²) >= 11 is 0. The highest BCUT2D eigenvalue weighted by molar-refractivity contribution is 5.89. The maximum absolute atomic E-state index is 12.3. The Balaban J connectivity index is 2.10. The highest BCUT2D eigenvalue weighted by Gasteiger charge is 2.41. The topological polar surface area (TPSA) is 65.1 Å². The molecule has 0 spiro atoms. The van der Waals surface area contributed by atoms with Gasteiger partial charge in [0.25, 0.3) is 0 Å². The van der Waals surface area contributed by atoms with Gasteiger partial charge in [0.05, 0.1) is 17.7 Å². The number of ether oxygens (including phenoxy) is 3. The van der Waals surface area contributed by atoms with Crippen LogP contribution in [0.15, 0.2) is 30.3 Å². The molecule has 0 aromatic heterocycles. The van der Waals surface area contributed by atoms with Crippen molar-refractivity contribution < 1.29 is 23.8 Å². The lowest BCUT2D eigenvalue weighted by Gasteiger charge is -2.42. The Kier molecular flexibility index (Phi) is 5.74. The van der Waals surface area contributed by atoms with Crippen molar-refractivity contribution in [3.8, 4) is 0 Å². The van der Waals surface area contributed by atoms with Crippen molar-refractivity contribution in [2.45, 2.75) is 44.8 Å². The second-order valence-corrected chi connectivity index (χ2v) is 5.88. The van der Waals surface area contributed by atoms with Crippen molar-refractivity contribution in [3.63, 3.8) is 0 Å². The van der Waals surface area contributed by atoms with Crippen LogP contribution in [0.4, 0.5) is 0 Å². The maximum Gasteiger partial charge on any atom is 0.338 e. The standard InChI is InChI=1S/C17H23NO5/c1-11-16(23-17(20)13-8-6-5-7-9-13)14(18(3)4)10-15(21-11)22-12(2)19/h5-9,11,14-16H,10H2,1-4H3/t11-,14-,15?,16-/m1/s1. The molecule has 1 saturated heterocycles. The molecule has 1 aromatic rings. The molecule has 1 fully saturated rings. The molecular weight excluding hydrogens is 298 g/mol. The molecule has 1 aromatic carbocycles. The van der Waals surface area contributed by atoms with Gasteiger partial charge in [-0.1, -0.05) is 18.2 Å². The van der Waals surface area contributed by atoms with E-state index in [0.717, 1.165) is 0 Å². The lowest BCUT2D eigenvalue weighted by Crippen LogP contribution is -2.55. The van der Waals surface area contributed by atoms with Crippen LogP contribution < -0.4 is 0 Å². The van der Waals surface area contributed by atoms with Crippen LogP contribution in [0.1, 0.15) is 30.6 Å². The van der Waals surface area contributed by atoms with Crippen LogP contribution in [0.25, 0.3) is 0 Å². The number of hydrogen-bond acceptors (Lipinski definition) is 6. The van der Waals surface area contributed by atoms with Crippen molar-refractivity contribution >= 4 is 11.9 Å². The van der Waals surface area contributed by atoms with Crippen molar-refractivity contribution in [1.29, 1.82) is 0 Å². The Morgan fingerprint density at radius 1 is 1.17 bits per heavy atom. The van der Waals surface area contributed by atoms with Gasteiger partial charge in [0.15, 0.2) is 0 Å². The monoisotopic (exact) mass is 321 g/mol. The summed E-state index contributed by atoms with van der Waals surface area (Å²) in [5, 5.41) is 0. The Bertz CT molecular complexity index is 545. The van der Waals surface area contributed by atoms with Gasteiger partial charge in [0.1, 0.15) is 6.10 Å². The van der Waals surface area contributed by atoms with Crippen molar-refractivity contribution in [2.24, 2.45) is 0 Å². The summed E-state index contributed by atoms with van der Waals surface area (Å²) in [5.74, 6) is -0.775. The summed E-state index contributed by atoms with van der Waals surface area (Å²) in [6.45, 7) is 3.16. The average Bonchev–Trinajstić information content (AvgIpc) is 2.49. The zero-order valence-electron chi connectivity index (χ0n) is 13.9. The van der Waals surface area contributed by atoms with E-state index in [1.54, 1.807) is 24.3 Å². The van der Waals surface area contributed by atoms with E-state index in [-0.39, 0.29) is 24.1 Å². The molecule has 23 heavy (non-hydrogen) atoms. The smallest absolute Gasteiger partial charge is 0.338 e. The number of benzene rings is 1. The summed E-state index contributed by atoms with van der Waals surface area (Å²) in [6, 6.07) is 8.74. The Hall–Kier alpha value is -1.92. The molecule has 0 saturated carbocycles. The maximum atomic E-state index is 12.3. The number of likely N-dealkylation sites (N-methyl/N-ethyl adjacent to an activating group) is 1. The normalized spacial score (nSPS) is 27.5. The van der Waals surface area contributed by atoms with E-state index >= 15 is 0 Å². The van der Waals surface area contributed by atoms with E-state index in [4.69, 9.17) is 14.2 Å². The Morgan fingerprint density at radius 2 is 1.83 bits per heavy atom. The summed E-state index contributed by atoms with van der Waals surface area (Å²) in [6.07, 6.45) is -0.997. The lowest BCUT2D eigenvalue weighted by molar-refractivity contribution is -0.230. The first-order chi connectivity index (χ1) is 10.9. The quantitative estimate of drug-likeness (QED) is 0.789. The molecule has 1 aliphatic heterocycles. The van der Waals surface area contributed by atoms with Gasteiger partial charge >= 0.3 is 11.9 Å². The van der Waals surface area contributed by atoms with Gasteiger partial charge < -0.3 is 19.1 Å². The molecule has 1 aliphatic rings. The van der Waals surface area contributed by atoms with Crippen molar-refractivity contribution in [3.05, 3.63) is 35.9 Å². The molecule has 1 unspecified atom stereocenters. The van der Waals surface area contributed by atoms with E-state index in [1.165, 1.54) is 6.92 Å². The molecule has 0 N–H and O–H groups in total. The van der Waals surface area contributed by atoms with E-state index in [9.17, 15) is 9.59 Å². The number of carbonyl (C=O) groups excluding carboxylic acids is 2. The first-order valence-electron chi connectivity index (χ1n) is 7.63. The predicted octanol–water partition coefficient (Wildman–Crippen LogP) is 1.84. The number of nitrogens with zero attached hydrogens (tertiary/aromatic N) is 1. The third kappa shape index (κ3) is 4.53. The minimum Gasteiger partial charge on any atom is -0.454 e. The van der Waals surface area contributed by atoms with Crippen molar-refractivity contribution in [2.75, 3.05) is 14.1 Å². The van der Waals surface area contributed by atoms with Crippen LogP contribution in [0.5, 0.6) is 0 Å².